The average molecular weight is 281 g/mol. The predicted molar refractivity (Wildman–Crippen MR) is 72.2 cm³/mol. The van der Waals surface area contributed by atoms with E-state index >= 15 is 0 Å². The lowest BCUT2D eigenvalue weighted by atomic mass is 10.1. The molecule has 0 saturated carbocycles. The van der Waals surface area contributed by atoms with Crippen molar-refractivity contribution >= 4 is 29.0 Å². The number of halogens is 2. The van der Waals surface area contributed by atoms with Gasteiger partial charge in [0.15, 0.2) is 11.9 Å². The van der Waals surface area contributed by atoms with Gasteiger partial charge in [0.2, 0.25) is 12.3 Å². The summed E-state index contributed by atoms with van der Waals surface area (Å²) in [6.07, 6.45) is 1.88. The predicted octanol–water partition coefficient (Wildman–Crippen LogP) is 3.47. The summed E-state index contributed by atoms with van der Waals surface area (Å²) >= 11 is 11.7. The molecule has 18 heavy (non-hydrogen) atoms. The van der Waals surface area contributed by atoms with E-state index in [9.17, 15) is 4.79 Å². The second kappa shape index (κ2) is 5.51. The standard InChI is InChI=1S/C14H12Cl2NO/c1-10-4-2-3-7-17(10)9-14(18)11-5-6-12(15)13(16)8-11/h2-8H,9H2,1H3/q+1. The zero-order chi connectivity index (χ0) is 13.1. The second-order valence-corrected chi connectivity index (χ2v) is 4.84. The number of hydrogen-bond acceptors (Lipinski definition) is 1. The molecule has 1 heterocycles. The molecule has 1 aromatic carbocycles. The van der Waals surface area contributed by atoms with Crippen LogP contribution < -0.4 is 4.57 Å². The maximum Gasteiger partial charge on any atom is 0.227 e. The number of nitrogens with zero attached hydrogens (tertiary/aromatic N) is 1. The van der Waals surface area contributed by atoms with E-state index in [-0.39, 0.29) is 5.78 Å². The van der Waals surface area contributed by atoms with Crippen molar-refractivity contribution in [2.75, 3.05) is 0 Å². The summed E-state index contributed by atoms with van der Waals surface area (Å²) in [7, 11) is 0. The first-order valence-electron chi connectivity index (χ1n) is 5.51. The van der Waals surface area contributed by atoms with E-state index in [0.29, 0.717) is 22.2 Å². The molecule has 0 fully saturated rings. The number of Topliss-reactive ketones (excluding diaryl/α,β-unsaturated/α-hetero) is 1. The van der Waals surface area contributed by atoms with Crippen LogP contribution in [0.15, 0.2) is 42.6 Å². The summed E-state index contributed by atoms with van der Waals surface area (Å²) in [6.45, 7) is 2.26. The SMILES string of the molecule is Cc1cccc[n+]1CC(=O)c1ccc(Cl)c(Cl)c1. The Hall–Kier alpha value is -1.38. The van der Waals surface area contributed by atoms with Crippen molar-refractivity contribution in [1.29, 1.82) is 0 Å². The monoisotopic (exact) mass is 280 g/mol. The smallest absolute Gasteiger partial charge is 0.227 e. The molecular formula is C14H12Cl2NO+. The number of pyridine rings is 1. The van der Waals surface area contributed by atoms with Crippen LogP contribution in [0.25, 0.3) is 0 Å². The van der Waals surface area contributed by atoms with Gasteiger partial charge in [-0.1, -0.05) is 29.3 Å². The van der Waals surface area contributed by atoms with E-state index < -0.39 is 0 Å². The van der Waals surface area contributed by atoms with Gasteiger partial charge in [-0.25, -0.2) is 0 Å². The van der Waals surface area contributed by atoms with Crippen molar-refractivity contribution in [1.82, 2.24) is 0 Å². The van der Waals surface area contributed by atoms with Gasteiger partial charge >= 0.3 is 0 Å². The summed E-state index contributed by atoms with van der Waals surface area (Å²) in [5.41, 5.74) is 1.60. The maximum atomic E-state index is 12.1. The second-order valence-electron chi connectivity index (χ2n) is 4.02. The molecule has 0 aliphatic carbocycles. The molecular weight excluding hydrogens is 269 g/mol. The van der Waals surface area contributed by atoms with Crippen LogP contribution in [-0.4, -0.2) is 5.78 Å². The summed E-state index contributed by atoms with van der Waals surface area (Å²) in [6, 6.07) is 10.7. The van der Waals surface area contributed by atoms with Gasteiger partial charge in [-0.05, 0) is 18.2 Å². The Labute approximate surface area is 116 Å². The van der Waals surface area contributed by atoms with E-state index in [1.807, 2.05) is 35.9 Å². The first-order valence-corrected chi connectivity index (χ1v) is 6.27. The molecule has 0 saturated heterocycles. The first kappa shape index (κ1) is 13.1. The van der Waals surface area contributed by atoms with Gasteiger partial charge in [-0.15, -0.1) is 0 Å². The number of carbonyl (C=O) groups excluding carboxylic acids is 1. The van der Waals surface area contributed by atoms with Crippen LogP contribution in [0, 0.1) is 6.92 Å². The van der Waals surface area contributed by atoms with Gasteiger partial charge in [-0.3, -0.25) is 4.79 Å². The highest BCUT2D eigenvalue weighted by molar-refractivity contribution is 6.42. The lowest BCUT2D eigenvalue weighted by Crippen LogP contribution is -2.40. The zero-order valence-corrected chi connectivity index (χ0v) is 11.4. The van der Waals surface area contributed by atoms with Gasteiger partial charge in [0.05, 0.1) is 10.0 Å². The summed E-state index contributed by atoms with van der Waals surface area (Å²) in [4.78, 5) is 12.1. The van der Waals surface area contributed by atoms with Gasteiger partial charge in [-0.2, -0.15) is 4.57 Å². The van der Waals surface area contributed by atoms with Gasteiger partial charge < -0.3 is 0 Å². The number of aromatic nitrogens is 1. The van der Waals surface area contributed by atoms with Crippen molar-refractivity contribution in [2.24, 2.45) is 0 Å². The quantitative estimate of drug-likeness (QED) is 0.623. The van der Waals surface area contributed by atoms with E-state index in [0.717, 1.165) is 5.69 Å². The van der Waals surface area contributed by atoms with Crippen molar-refractivity contribution in [3.63, 3.8) is 0 Å². The Morgan fingerprint density at radius 2 is 1.94 bits per heavy atom. The fraction of sp³-hybridized carbons (Fsp3) is 0.143. The maximum absolute atomic E-state index is 12.1. The number of aryl methyl sites for hydroxylation is 1. The Kier molecular flexibility index (Phi) is 4.00. The van der Waals surface area contributed by atoms with Gasteiger partial charge in [0.25, 0.3) is 0 Å². The highest BCUT2D eigenvalue weighted by Gasteiger charge is 2.14. The lowest BCUT2D eigenvalue weighted by molar-refractivity contribution is -0.689. The molecule has 92 valence electrons. The molecule has 0 amide bonds. The summed E-state index contributed by atoms with van der Waals surface area (Å²) in [5.74, 6) is 0.00728. The lowest BCUT2D eigenvalue weighted by Gasteiger charge is -2.02. The number of rotatable bonds is 3. The molecule has 2 nitrogen and oxygen atoms in total. The Bertz CT molecular complexity index is 596. The molecule has 1 aromatic heterocycles. The highest BCUT2D eigenvalue weighted by Crippen LogP contribution is 2.22. The molecule has 0 unspecified atom stereocenters. The van der Waals surface area contributed by atoms with E-state index in [1.54, 1.807) is 18.2 Å². The minimum atomic E-state index is 0.00728. The highest BCUT2D eigenvalue weighted by atomic mass is 35.5. The third-order valence-corrected chi connectivity index (χ3v) is 3.46. The van der Waals surface area contributed by atoms with Crippen LogP contribution in [-0.2, 0) is 6.54 Å². The van der Waals surface area contributed by atoms with Crippen molar-refractivity contribution in [2.45, 2.75) is 13.5 Å². The number of ketones is 1. The third kappa shape index (κ3) is 2.89. The van der Waals surface area contributed by atoms with Gasteiger partial charge in [0.1, 0.15) is 0 Å². The molecule has 2 rings (SSSR count). The fourth-order valence-corrected chi connectivity index (χ4v) is 1.95. The van der Waals surface area contributed by atoms with E-state index in [2.05, 4.69) is 0 Å². The number of hydrogen-bond donors (Lipinski definition) is 0. The van der Waals surface area contributed by atoms with Crippen LogP contribution in [0.5, 0.6) is 0 Å². The molecule has 0 spiro atoms. The largest absolute Gasteiger partial charge is 0.287 e. The third-order valence-electron chi connectivity index (χ3n) is 2.72. The first-order chi connectivity index (χ1) is 8.58. The number of carbonyl (C=O) groups is 1. The number of benzene rings is 1. The molecule has 0 radical (unpaired) electrons. The van der Waals surface area contributed by atoms with Crippen LogP contribution in [0.1, 0.15) is 16.1 Å². The normalized spacial score (nSPS) is 10.4. The molecule has 4 heteroatoms. The molecule has 2 aromatic rings. The zero-order valence-electron chi connectivity index (χ0n) is 9.86. The fourth-order valence-electron chi connectivity index (χ4n) is 1.65. The van der Waals surface area contributed by atoms with Crippen LogP contribution in [0.4, 0.5) is 0 Å². The van der Waals surface area contributed by atoms with E-state index in [1.165, 1.54) is 0 Å². The van der Waals surface area contributed by atoms with Gasteiger partial charge in [0, 0.05) is 24.6 Å². The molecule has 0 bridgehead atoms. The van der Waals surface area contributed by atoms with Crippen molar-refractivity contribution in [3.8, 4) is 0 Å². The molecule has 0 N–H and O–H groups in total. The Morgan fingerprint density at radius 1 is 1.17 bits per heavy atom. The summed E-state index contributed by atoms with van der Waals surface area (Å²) in [5, 5.41) is 0.856. The van der Waals surface area contributed by atoms with Crippen molar-refractivity contribution in [3.05, 3.63) is 63.9 Å². The van der Waals surface area contributed by atoms with Crippen LogP contribution in [0.2, 0.25) is 10.0 Å². The Balaban J connectivity index is 2.22. The topological polar surface area (TPSA) is 20.9 Å². The van der Waals surface area contributed by atoms with Crippen LogP contribution >= 0.6 is 23.2 Å². The molecule has 0 atom stereocenters. The van der Waals surface area contributed by atoms with Crippen LogP contribution in [0.3, 0.4) is 0 Å². The minimum absolute atomic E-state index is 0.00728. The molecule has 0 aliphatic heterocycles. The minimum Gasteiger partial charge on any atom is -0.287 e. The average Bonchev–Trinajstić information content (AvgIpc) is 2.35. The van der Waals surface area contributed by atoms with Crippen molar-refractivity contribution < 1.29 is 9.36 Å². The molecule has 0 aliphatic rings. The summed E-state index contributed by atoms with van der Waals surface area (Å²) < 4.78 is 1.89. The van der Waals surface area contributed by atoms with E-state index in [4.69, 9.17) is 23.2 Å². The Morgan fingerprint density at radius 3 is 2.61 bits per heavy atom.